The molecule has 0 bridgehead atoms. The molecule has 2 aromatic carbocycles. The number of carbonyl (C=O) groups is 1. The van der Waals surface area contributed by atoms with Crippen LogP contribution in [0, 0.1) is 0 Å². The van der Waals surface area contributed by atoms with Crippen molar-refractivity contribution in [1.82, 2.24) is 9.62 Å². The van der Waals surface area contributed by atoms with E-state index in [4.69, 9.17) is 4.74 Å². The number of nitrogens with zero attached hydrogens (tertiary/aromatic N) is 1. The van der Waals surface area contributed by atoms with Gasteiger partial charge in [0.05, 0.1) is 12.0 Å². The molecule has 0 aliphatic heterocycles. The molecule has 6 nitrogen and oxygen atoms in total. The predicted molar refractivity (Wildman–Crippen MR) is 91.5 cm³/mol. The van der Waals surface area contributed by atoms with Gasteiger partial charge in [0.25, 0.3) is 5.91 Å². The lowest BCUT2D eigenvalue weighted by Gasteiger charge is -2.19. The largest absolute Gasteiger partial charge is 0.496 e. The molecular weight excluding hydrogens is 328 g/mol. The van der Waals surface area contributed by atoms with Crippen LogP contribution < -0.4 is 9.46 Å². The lowest BCUT2D eigenvalue weighted by molar-refractivity contribution is 0.0784. The van der Waals surface area contributed by atoms with E-state index in [2.05, 4.69) is 4.72 Å². The van der Waals surface area contributed by atoms with Crippen LogP contribution in [0.4, 0.5) is 0 Å². The molecule has 0 atom stereocenters. The Kier molecular flexibility index (Phi) is 5.58. The fourth-order valence-corrected chi connectivity index (χ4v) is 3.07. The molecule has 128 valence electrons. The number of hydrogen-bond acceptors (Lipinski definition) is 4. The van der Waals surface area contributed by atoms with Crippen LogP contribution in [0.2, 0.25) is 0 Å². The van der Waals surface area contributed by atoms with Crippen molar-refractivity contribution in [2.75, 3.05) is 21.2 Å². The molecule has 0 saturated carbocycles. The third kappa shape index (κ3) is 3.93. The van der Waals surface area contributed by atoms with Crippen LogP contribution in [-0.4, -0.2) is 40.4 Å². The summed E-state index contributed by atoms with van der Waals surface area (Å²) in [6.45, 7) is 0.353. The molecule has 0 aliphatic carbocycles. The van der Waals surface area contributed by atoms with E-state index < -0.39 is 10.0 Å². The van der Waals surface area contributed by atoms with E-state index >= 15 is 0 Å². The second kappa shape index (κ2) is 7.46. The summed E-state index contributed by atoms with van der Waals surface area (Å²) in [5, 5.41) is 0. The van der Waals surface area contributed by atoms with Crippen molar-refractivity contribution in [3.63, 3.8) is 0 Å². The molecule has 0 heterocycles. The Morgan fingerprint density at radius 3 is 2.54 bits per heavy atom. The Balaban J connectivity index is 2.24. The summed E-state index contributed by atoms with van der Waals surface area (Å²) in [6.07, 6.45) is 0. The predicted octanol–water partition coefficient (Wildman–Crippen LogP) is 1.88. The zero-order chi connectivity index (χ0) is 17.7. The minimum absolute atomic E-state index is 0.0570. The Hall–Kier alpha value is -2.38. The lowest BCUT2D eigenvalue weighted by Crippen LogP contribution is -2.27. The highest BCUT2D eigenvalue weighted by Crippen LogP contribution is 2.20. The van der Waals surface area contributed by atoms with E-state index in [-0.39, 0.29) is 10.8 Å². The molecule has 24 heavy (non-hydrogen) atoms. The molecule has 1 N–H and O–H groups in total. The Bertz CT molecular complexity index is 834. The first kappa shape index (κ1) is 18.0. The van der Waals surface area contributed by atoms with Crippen molar-refractivity contribution in [3.05, 3.63) is 59.7 Å². The zero-order valence-corrected chi connectivity index (χ0v) is 14.6. The van der Waals surface area contributed by atoms with Gasteiger partial charge in [-0.1, -0.05) is 24.3 Å². The van der Waals surface area contributed by atoms with E-state index in [1.165, 1.54) is 24.1 Å². The molecular formula is C17H20N2O4S. The molecule has 2 rings (SSSR count). The fraction of sp³-hybridized carbons (Fsp3) is 0.235. The van der Waals surface area contributed by atoms with Crippen molar-refractivity contribution >= 4 is 15.9 Å². The maximum Gasteiger partial charge on any atom is 0.253 e. The molecule has 0 fully saturated rings. The maximum atomic E-state index is 12.6. The SMILES string of the molecule is CNS(=O)(=O)c1cccc(C(=O)N(C)Cc2ccccc2OC)c1. The molecule has 0 saturated heterocycles. The molecule has 0 radical (unpaired) electrons. The van der Waals surface area contributed by atoms with Gasteiger partial charge in [-0.3, -0.25) is 4.79 Å². The normalized spacial score (nSPS) is 11.1. The zero-order valence-electron chi connectivity index (χ0n) is 13.8. The van der Waals surface area contributed by atoms with Gasteiger partial charge in [0, 0.05) is 24.7 Å². The second-order valence-corrected chi connectivity index (χ2v) is 7.09. The molecule has 0 aliphatic rings. The number of sulfonamides is 1. The first-order chi connectivity index (χ1) is 11.4. The third-order valence-corrected chi connectivity index (χ3v) is 5.02. The monoisotopic (exact) mass is 348 g/mol. The van der Waals surface area contributed by atoms with Gasteiger partial charge >= 0.3 is 0 Å². The number of methoxy groups -OCH3 is 1. The number of ether oxygens (including phenoxy) is 1. The van der Waals surface area contributed by atoms with Gasteiger partial charge in [0.15, 0.2) is 0 Å². The number of para-hydroxylation sites is 1. The van der Waals surface area contributed by atoms with Gasteiger partial charge in [-0.25, -0.2) is 13.1 Å². The Morgan fingerprint density at radius 2 is 1.88 bits per heavy atom. The summed E-state index contributed by atoms with van der Waals surface area (Å²) >= 11 is 0. The second-order valence-electron chi connectivity index (χ2n) is 5.21. The lowest BCUT2D eigenvalue weighted by atomic mass is 10.1. The molecule has 0 aromatic heterocycles. The van der Waals surface area contributed by atoms with Crippen LogP contribution in [0.1, 0.15) is 15.9 Å². The third-order valence-electron chi connectivity index (χ3n) is 3.61. The van der Waals surface area contributed by atoms with Crippen molar-refractivity contribution in [3.8, 4) is 5.75 Å². The topological polar surface area (TPSA) is 75.7 Å². The molecule has 7 heteroatoms. The van der Waals surface area contributed by atoms with Crippen molar-refractivity contribution in [1.29, 1.82) is 0 Å². The number of carbonyl (C=O) groups excluding carboxylic acids is 1. The highest BCUT2D eigenvalue weighted by atomic mass is 32.2. The van der Waals surface area contributed by atoms with Crippen molar-refractivity contribution in [2.24, 2.45) is 0 Å². The first-order valence-corrected chi connectivity index (χ1v) is 8.78. The Labute approximate surface area is 142 Å². The average molecular weight is 348 g/mol. The quantitative estimate of drug-likeness (QED) is 0.865. The standard InChI is InChI=1S/C17H20N2O4S/c1-18-24(21,22)15-9-6-8-13(11-15)17(20)19(2)12-14-7-4-5-10-16(14)23-3/h4-11,18H,12H2,1-3H3. The van der Waals surface area contributed by atoms with Crippen LogP contribution in [0.5, 0.6) is 5.75 Å². The minimum Gasteiger partial charge on any atom is -0.496 e. The highest BCUT2D eigenvalue weighted by Gasteiger charge is 2.17. The minimum atomic E-state index is -3.59. The molecule has 1 amide bonds. The van der Waals surface area contributed by atoms with Crippen LogP contribution in [0.3, 0.4) is 0 Å². The van der Waals surface area contributed by atoms with Crippen LogP contribution >= 0.6 is 0 Å². The number of benzene rings is 2. The molecule has 2 aromatic rings. The van der Waals surface area contributed by atoms with E-state index in [0.717, 1.165) is 5.56 Å². The van der Waals surface area contributed by atoms with E-state index in [0.29, 0.717) is 17.9 Å². The van der Waals surface area contributed by atoms with Gasteiger partial charge in [0.1, 0.15) is 5.75 Å². The smallest absolute Gasteiger partial charge is 0.253 e. The van der Waals surface area contributed by atoms with Gasteiger partial charge in [-0.15, -0.1) is 0 Å². The number of hydrogen-bond donors (Lipinski definition) is 1. The van der Waals surface area contributed by atoms with Crippen molar-refractivity contribution < 1.29 is 17.9 Å². The van der Waals surface area contributed by atoms with Gasteiger partial charge in [-0.2, -0.15) is 0 Å². The van der Waals surface area contributed by atoms with Crippen LogP contribution in [-0.2, 0) is 16.6 Å². The first-order valence-electron chi connectivity index (χ1n) is 7.30. The van der Waals surface area contributed by atoms with Crippen LogP contribution in [0.15, 0.2) is 53.4 Å². The highest BCUT2D eigenvalue weighted by molar-refractivity contribution is 7.89. The van der Waals surface area contributed by atoms with Crippen LogP contribution in [0.25, 0.3) is 0 Å². The van der Waals surface area contributed by atoms with Crippen molar-refractivity contribution in [2.45, 2.75) is 11.4 Å². The van der Waals surface area contributed by atoms with E-state index in [9.17, 15) is 13.2 Å². The number of nitrogens with one attached hydrogen (secondary N) is 1. The molecule has 0 unspecified atom stereocenters. The summed E-state index contributed by atoms with van der Waals surface area (Å²) < 4.78 is 31.3. The van der Waals surface area contributed by atoms with Gasteiger partial charge in [0.2, 0.25) is 10.0 Å². The summed E-state index contributed by atoms with van der Waals surface area (Å²) in [6, 6.07) is 13.4. The Morgan fingerprint density at radius 1 is 1.17 bits per heavy atom. The average Bonchev–Trinajstić information content (AvgIpc) is 2.61. The summed E-state index contributed by atoms with van der Waals surface area (Å²) in [4.78, 5) is 14.2. The fourth-order valence-electron chi connectivity index (χ4n) is 2.30. The number of rotatable bonds is 6. The van der Waals surface area contributed by atoms with Gasteiger partial charge < -0.3 is 9.64 Å². The molecule has 0 spiro atoms. The summed E-state index contributed by atoms with van der Waals surface area (Å²) in [5.41, 5.74) is 1.18. The van der Waals surface area contributed by atoms with E-state index in [1.807, 2.05) is 24.3 Å². The van der Waals surface area contributed by atoms with Gasteiger partial charge in [-0.05, 0) is 31.3 Å². The maximum absolute atomic E-state index is 12.6. The number of amides is 1. The summed E-state index contributed by atoms with van der Waals surface area (Å²) in [5.74, 6) is 0.428. The summed E-state index contributed by atoms with van der Waals surface area (Å²) in [7, 11) is 0.978. The van der Waals surface area contributed by atoms with E-state index in [1.54, 1.807) is 26.3 Å².